The quantitative estimate of drug-likeness (QED) is 0.748. The molecule has 1 amide bonds. The van der Waals surface area contributed by atoms with Crippen molar-refractivity contribution >= 4 is 39.1 Å². The second kappa shape index (κ2) is 4.53. The van der Waals surface area contributed by atoms with Gasteiger partial charge >= 0.3 is 0 Å². The van der Waals surface area contributed by atoms with Crippen LogP contribution in [0, 0.1) is 5.92 Å². The van der Waals surface area contributed by atoms with E-state index >= 15 is 0 Å². The van der Waals surface area contributed by atoms with Crippen LogP contribution in [0.2, 0.25) is 5.02 Å². The summed E-state index contributed by atoms with van der Waals surface area (Å²) in [6.07, 6.45) is 0. The van der Waals surface area contributed by atoms with Gasteiger partial charge in [-0.25, -0.2) is 0 Å². The van der Waals surface area contributed by atoms with Crippen LogP contribution >= 0.6 is 27.5 Å². The van der Waals surface area contributed by atoms with Crippen molar-refractivity contribution in [1.82, 2.24) is 0 Å². The molecular formula is C14H17BrClNO. The number of fused-ring (bicyclic) bond motifs is 1. The summed E-state index contributed by atoms with van der Waals surface area (Å²) in [4.78, 5) is 14.1. The van der Waals surface area contributed by atoms with Gasteiger partial charge in [0.25, 0.3) is 0 Å². The minimum atomic E-state index is -0.0622. The maximum Gasteiger partial charge on any atom is 0.229 e. The van der Waals surface area contributed by atoms with Gasteiger partial charge < -0.3 is 4.90 Å². The van der Waals surface area contributed by atoms with E-state index in [4.69, 9.17) is 11.6 Å². The second-order valence-corrected chi connectivity index (χ2v) is 7.07. The summed E-state index contributed by atoms with van der Waals surface area (Å²) in [7, 11) is 0. The molecule has 4 heteroatoms. The molecule has 0 saturated carbocycles. The number of amides is 1. The van der Waals surface area contributed by atoms with Crippen LogP contribution < -0.4 is 4.90 Å². The highest BCUT2D eigenvalue weighted by Crippen LogP contribution is 2.46. The van der Waals surface area contributed by atoms with E-state index in [1.54, 1.807) is 0 Å². The predicted molar refractivity (Wildman–Crippen MR) is 79.4 cm³/mol. The molecular weight excluding hydrogens is 314 g/mol. The van der Waals surface area contributed by atoms with Crippen molar-refractivity contribution in [2.24, 2.45) is 5.92 Å². The van der Waals surface area contributed by atoms with Crippen molar-refractivity contribution < 1.29 is 4.79 Å². The van der Waals surface area contributed by atoms with Crippen LogP contribution in [0.25, 0.3) is 0 Å². The van der Waals surface area contributed by atoms with E-state index in [0.29, 0.717) is 11.6 Å². The predicted octanol–water partition coefficient (Wildman–Crippen LogP) is 4.38. The Kier molecular flexibility index (Phi) is 3.50. The molecule has 0 atom stereocenters. The van der Waals surface area contributed by atoms with Crippen LogP contribution in [-0.2, 0) is 10.2 Å². The van der Waals surface area contributed by atoms with Crippen molar-refractivity contribution in [2.75, 3.05) is 11.4 Å². The largest absolute Gasteiger partial charge is 0.310 e. The first kappa shape index (κ1) is 13.9. The first-order valence-electron chi connectivity index (χ1n) is 6.05. The lowest BCUT2D eigenvalue weighted by molar-refractivity contribution is -0.121. The number of hydrogen-bond acceptors (Lipinski definition) is 1. The normalized spacial score (nSPS) is 17.2. The van der Waals surface area contributed by atoms with Gasteiger partial charge in [-0.15, -0.1) is 0 Å². The third-order valence-corrected chi connectivity index (χ3v) is 4.09. The molecule has 0 unspecified atom stereocenters. The number of benzene rings is 1. The van der Waals surface area contributed by atoms with Crippen molar-refractivity contribution in [1.29, 1.82) is 0 Å². The third kappa shape index (κ3) is 2.19. The molecule has 0 saturated heterocycles. The number of carbonyl (C=O) groups is 1. The third-order valence-electron chi connectivity index (χ3n) is 3.34. The Labute approximate surface area is 121 Å². The molecule has 0 spiro atoms. The zero-order chi connectivity index (χ0) is 13.7. The van der Waals surface area contributed by atoms with Crippen LogP contribution in [-0.4, -0.2) is 12.5 Å². The molecule has 18 heavy (non-hydrogen) atoms. The van der Waals surface area contributed by atoms with Gasteiger partial charge in [0.2, 0.25) is 5.91 Å². The van der Waals surface area contributed by atoms with Gasteiger partial charge in [-0.2, -0.15) is 0 Å². The Morgan fingerprint density at radius 3 is 2.61 bits per heavy atom. The van der Waals surface area contributed by atoms with E-state index in [2.05, 4.69) is 35.8 Å². The fraction of sp³-hybridized carbons (Fsp3) is 0.500. The summed E-state index contributed by atoms with van der Waals surface area (Å²) in [6, 6.07) is 3.91. The summed E-state index contributed by atoms with van der Waals surface area (Å²) in [5.41, 5.74) is 1.95. The van der Waals surface area contributed by atoms with E-state index in [1.807, 2.05) is 24.8 Å². The van der Waals surface area contributed by atoms with Crippen LogP contribution in [0.1, 0.15) is 33.3 Å². The average molecular weight is 331 g/mol. The highest BCUT2D eigenvalue weighted by atomic mass is 79.9. The molecule has 1 aromatic carbocycles. The molecule has 2 rings (SSSR count). The Hall–Kier alpha value is -0.540. The van der Waals surface area contributed by atoms with E-state index in [9.17, 15) is 4.79 Å². The number of hydrogen-bond donors (Lipinski definition) is 0. The number of halogens is 2. The molecule has 0 N–H and O–H groups in total. The van der Waals surface area contributed by atoms with Gasteiger partial charge in [0, 0.05) is 22.4 Å². The monoisotopic (exact) mass is 329 g/mol. The van der Waals surface area contributed by atoms with Crippen LogP contribution in [0.3, 0.4) is 0 Å². The van der Waals surface area contributed by atoms with E-state index < -0.39 is 0 Å². The van der Waals surface area contributed by atoms with Gasteiger partial charge in [0.05, 0.1) is 10.7 Å². The molecule has 0 aliphatic carbocycles. The van der Waals surface area contributed by atoms with Gasteiger partial charge in [-0.3, -0.25) is 4.79 Å². The molecule has 0 aromatic heterocycles. The Balaban J connectivity index is 2.59. The lowest BCUT2D eigenvalue weighted by Crippen LogP contribution is -2.36. The van der Waals surface area contributed by atoms with Gasteiger partial charge in [-0.1, -0.05) is 55.2 Å². The highest BCUT2D eigenvalue weighted by molar-refractivity contribution is 9.10. The minimum absolute atomic E-state index is 0.0218. The van der Waals surface area contributed by atoms with Crippen LogP contribution in [0.5, 0.6) is 0 Å². The van der Waals surface area contributed by atoms with E-state index in [-0.39, 0.29) is 17.2 Å². The van der Waals surface area contributed by atoms with Gasteiger partial charge in [0.1, 0.15) is 0 Å². The number of carbonyl (C=O) groups excluding carboxylic acids is 1. The summed E-state index contributed by atoms with van der Waals surface area (Å²) in [5, 5.41) is 0.638. The Bertz CT molecular complexity index is 511. The van der Waals surface area contributed by atoms with Crippen LogP contribution in [0.15, 0.2) is 16.6 Å². The van der Waals surface area contributed by atoms with E-state index in [0.717, 1.165) is 15.7 Å². The molecule has 1 aliphatic heterocycles. The summed E-state index contributed by atoms with van der Waals surface area (Å²) >= 11 is 9.79. The summed E-state index contributed by atoms with van der Waals surface area (Å²) in [5.74, 6) is 0.109. The molecule has 0 fully saturated rings. The van der Waals surface area contributed by atoms with E-state index in [1.165, 1.54) is 0 Å². The molecule has 0 bridgehead atoms. The maximum atomic E-state index is 12.3. The first-order chi connectivity index (χ1) is 8.24. The molecule has 1 heterocycles. The maximum absolute atomic E-state index is 12.3. The fourth-order valence-electron chi connectivity index (χ4n) is 2.42. The zero-order valence-corrected chi connectivity index (χ0v) is 13.4. The second-order valence-electron chi connectivity index (χ2n) is 5.75. The van der Waals surface area contributed by atoms with Crippen molar-refractivity contribution in [3.05, 3.63) is 27.2 Å². The van der Waals surface area contributed by atoms with Crippen molar-refractivity contribution in [3.8, 4) is 0 Å². The van der Waals surface area contributed by atoms with Crippen LogP contribution in [0.4, 0.5) is 5.69 Å². The molecule has 2 nitrogen and oxygen atoms in total. The molecule has 0 radical (unpaired) electrons. The number of nitrogens with zero attached hydrogens (tertiary/aromatic N) is 1. The van der Waals surface area contributed by atoms with Crippen molar-refractivity contribution in [3.63, 3.8) is 0 Å². The summed E-state index contributed by atoms with van der Waals surface area (Å²) in [6.45, 7) is 8.81. The van der Waals surface area contributed by atoms with Gasteiger partial charge in [0.15, 0.2) is 0 Å². The Morgan fingerprint density at radius 1 is 1.44 bits per heavy atom. The summed E-state index contributed by atoms with van der Waals surface area (Å²) < 4.78 is 0.957. The zero-order valence-electron chi connectivity index (χ0n) is 11.1. The smallest absolute Gasteiger partial charge is 0.229 e. The lowest BCUT2D eigenvalue weighted by Gasteiger charge is -2.22. The average Bonchev–Trinajstić information content (AvgIpc) is 2.50. The number of rotatable bonds is 1. The topological polar surface area (TPSA) is 20.3 Å². The lowest BCUT2D eigenvalue weighted by atomic mass is 9.87. The standard InChI is InChI=1S/C14H17BrClNO/c1-8(2)13(18)17-7-14(3,4)10-5-9(15)6-11(16)12(10)17/h5-6,8H,7H2,1-4H3. The van der Waals surface area contributed by atoms with Crippen molar-refractivity contribution in [2.45, 2.75) is 33.1 Å². The molecule has 98 valence electrons. The minimum Gasteiger partial charge on any atom is -0.310 e. The molecule has 1 aromatic rings. The fourth-order valence-corrected chi connectivity index (χ4v) is 3.33. The first-order valence-corrected chi connectivity index (χ1v) is 7.22. The Morgan fingerprint density at radius 2 is 2.06 bits per heavy atom. The molecule has 1 aliphatic rings. The van der Waals surface area contributed by atoms with Gasteiger partial charge in [-0.05, 0) is 17.7 Å². The SMILES string of the molecule is CC(C)C(=O)N1CC(C)(C)c2cc(Br)cc(Cl)c21. The highest BCUT2D eigenvalue weighted by Gasteiger charge is 2.40. The number of anilines is 1.